The highest BCUT2D eigenvalue weighted by atomic mass is 16.5. The molecule has 0 aliphatic heterocycles. The lowest BCUT2D eigenvalue weighted by atomic mass is 10.2. The normalized spacial score (nSPS) is 9.78. The molecule has 1 aromatic carbocycles. The monoisotopic (exact) mass is 240 g/mol. The van der Waals surface area contributed by atoms with Gasteiger partial charge in [0, 0.05) is 13.2 Å². The molecule has 1 heterocycles. The van der Waals surface area contributed by atoms with Gasteiger partial charge in [-0.3, -0.25) is 4.79 Å². The number of aromatic nitrogens is 1. The van der Waals surface area contributed by atoms with Gasteiger partial charge in [0.1, 0.15) is 5.75 Å². The quantitative estimate of drug-likeness (QED) is 0.769. The largest absolute Gasteiger partial charge is 0.485 e. The second-order valence-electron chi connectivity index (χ2n) is 3.85. The van der Waals surface area contributed by atoms with Crippen LogP contribution < -0.4 is 4.74 Å². The molecule has 0 saturated carbocycles. The summed E-state index contributed by atoms with van der Waals surface area (Å²) in [6.07, 6.45) is 1.81. The molecule has 0 aliphatic carbocycles. The number of carbonyl (C=O) groups is 1. The van der Waals surface area contributed by atoms with E-state index in [-0.39, 0.29) is 12.4 Å². The Bertz CT molecular complexity index is 591. The van der Waals surface area contributed by atoms with E-state index in [1.165, 1.54) is 0 Å². The zero-order valence-electron chi connectivity index (χ0n) is 9.96. The maximum atomic E-state index is 11.8. The van der Waals surface area contributed by atoms with Gasteiger partial charge in [0.25, 0.3) is 0 Å². The van der Waals surface area contributed by atoms with Gasteiger partial charge in [-0.1, -0.05) is 0 Å². The van der Waals surface area contributed by atoms with Crippen LogP contribution in [0, 0.1) is 11.3 Å². The molecule has 0 atom stereocenters. The zero-order chi connectivity index (χ0) is 13.0. The molecule has 0 saturated heterocycles. The standard InChI is InChI=1S/C14H12N2O2/c1-16-8-2-3-13(16)14(17)10-18-12-6-4-11(9-15)5-7-12/h2-8H,10H2,1H3. The number of nitrogens with zero attached hydrogens (tertiary/aromatic N) is 2. The maximum absolute atomic E-state index is 11.8. The fraction of sp³-hybridized carbons (Fsp3) is 0.143. The van der Waals surface area contributed by atoms with E-state index >= 15 is 0 Å². The third-order valence-corrected chi connectivity index (χ3v) is 2.58. The van der Waals surface area contributed by atoms with Crippen molar-refractivity contribution in [2.45, 2.75) is 0 Å². The molecule has 4 nitrogen and oxygen atoms in total. The summed E-state index contributed by atoms with van der Waals surface area (Å²) < 4.78 is 7.13. The van der Waals surface area contributed by atoms with E-state index in [1.54, 1.807) is 34.9 Å². The fourth-order valence-corrected chi connectivity index (χ4v) is 1.60. The van der Waals surface area contributed by atoms with Crippen LogP contribution in [-0.4, -0.2) is 17.0 Å². The minimum absolute atomic E-state index is 0.0102. The number of carbonyl (C=O) groups excluding carboxylic acids is 1. The first-order chi connectivity index (χ1) is 8.70. The molecule has 0 aliphatic rings. The highest BCUT2D eigenvalue weighted by molar-refractivity contribution is 5.95. The van der Waals surface area contributed by atoms with Crippen molar-refractivity contribution in [1.82, 2.24) is 4.57 Å². The lowest BCUT2D eigenvalue weighted by Crippen LogP contribution is -2.14. The summed E-state index contributed by atoms with van der Waals surface area (Å²) in [5, 5.41) is 8.65. The number of aryl methyl sites for hydroxylation is 1. The average molecular weight is 240 g/mol. The van der Waals surface area contributed by atoms with Gasteiger partial charge in [-0.15, -0.1) is 0 Å². The van der Waals surface area contributed by atoms with Crippen molar-refractivity contribution in [3.05, 3.63) is 53.9 Å². The van der Waals surface area contributed by atoms with Crippen molar-refractivity contribution in [3.8, 4) is 11.8 Å². The Morgan fingerprint density at radius 1 is 1.33 bits per heavy atom. The molecule has 90 valence electrons. The van der Waals surface area contributed by atoms with E-state index < -0.39 is 0 Å². The molecule has 0 fully saturated rings. The molecule has 0 radical (unpaired) electrons. The minimum Gasteiger partial charge on any atom is -0.485 e. The predicted molar refractivity (Wildman–Crippen MR) is 66.4 cm³/mol. The summed E-state index contributed by atoms with van der Waals surface area (Å²) in [6.45, 7) is -0.0102. The third-order valence-electron chi connectivity index (χ3n) is 2.58. The van der Waals surface area contributed by atoms with Gasteiger partial charge < -0.3 is 9.30 Å². The number of benzene rings is 1. The summed E-state index contributed by atoms with van der Waals surface area (Å²) in [5.41, 5.74) is 1.18. The van der Waals surface area contributed by atoms with E-state index in [0.717, 1.165) is 0 Å². The van der Waals surface area contributed by atoms with Crippen LogP contribution in [-0.2, 0) is 7.05 Å². The van der Waals surface area contributed by atoms with Crippen LogP contribution in [0.5, 0.6) is 5.75 Å². The van der Waals surface area contributed by atoms with Gasteiger partial charge >= 0.3 is 0 Å². The molecule has 4 heteroatoms. The Morgan fingerprint density at radius 3 is 2.61 bits per heavy atom. The Hall–Kier alpha value is -2.54. The SMILES string of the molecule is Cn1cccc1C(=O)COc1ccc(C#N)cc1. The first kappa shape index (κ1) is 11.9. The lowest BCUT2D eigenvalue weighted by molar-refractivity contribution is 0.0913. The Kier molecular flexibility index (Phi) is 3.44. The molecular formula is C14H12N2O2. The molecule has 0 bridgehead atoms. The van der Waals surface area contributed by atoms with Crippen molar-refractivity contribution < 1.29 is 9.53 Å². The topological polar surface area (TPSA) is 55.0 Å². The third kappa shape index (κ3) is 2.58. The first-order valence-corrected chi connectivity index (χ1v) is 5.48. The summed E-state index contributed by atoms with van der Waals surface area (Å²) in [4.78, 5) is 11.8. The summed E-state index contributed by atoms with van der Waals surface area (Å²) >= 11 is 0. The molecule has 0 amide bonds. The minimum atomic E-state index is -0.0770. The number of nitriles is 1. The van der Waals surface area contributed by atoms with Crippen molar-refractivity contribution in [3.63, 3.8) is 0 Å². The number of rotatable bonds is 4. The zero-order valence-corrected chi connectivity index (χ0v) is 9.96. The maximum Gasteiger partial charge on any atom is 0.216 e. The first-order valence-electron chi connectivity index (χ1n) is 5.48. The average Bonchev–Trinajstić information content (AvgIpc) is 2.83. The molecule has 1 aromatic heterocycles. The van der Waals surface area contributed by atoms with Crippen molar-refractivity contribution in [2.75, 3.05) is 6.61 Å². The lowest BCUT2D eigenvalue weighted by Gasteiger charge is -2.06. The molecular weight excluding hydrogens is 228 g/mol. The van der Waals surface area contributed by atoms with Gasteiger partial charge in [0.2, 0.25) is 5.78 Å². The molecule has 18 heavy (non-hydrogen) atoms. The van der Waals surface area contributed by atoms with Crippen LogP contribution in [0.4, 0.5) is 0 Å². The van der Waals surface area contributed by atoms with Gasteiger partial charge in [-0.25, -0.2) is 0 Å². The van der Waals surface area contributed by atoms with Crippen molar-refractivity contribution >= 4 is 5.78 Å². The van der Waals surface area contributed by atoms with Crippen molar-refractivity contribution in [2.24, 2.45) is 7.05 Å². The molecule has 2 rings (SSSR count). The van der Waals surface area contributed by atoms with E-state index in [2.05, 4.69) is 0 Å². The Balaban J connectivity index is 1.97. The number of hydrogen-bond donors (Lipinski definition) is 0. The molecule has 0 unspecified atom stereocenters. The smallest absolute Gasteiger partial charge is 0.216 e. The summed E-state index contributed by atoms with van der Waals surface area (Å²) in [5.74, 6) is 0.503. The number of ketones is 1. The van der Waals surface area contributed by atoms with Crippen LogP contribution in [0.1, 0.15) is 16.1 Å². The summed E-state index contributed by atoms with van der Waals surface area (Å²) in [7, 11) is 1.81. The highest BCUT2D eigenvalue weighted by Gasteiger charge is 2.09. The number of hydrogen-bond acceptors (Lipinski definition) is 3. The molecule has 0 spiro atoms. The van der Waals surface area contributed by atoms with Crippen LogP contribution in [0.3, 0.4) is 0 Å². The van der Waals surface area contributed by atoms with E-state index in [4.69, 9.17) is 10.00 Å². The summed E-state index contributed by atoms with van der Waals surface area (Å²) in [6, 6.07) is 12.3. The van der Waals surface area contributed by atoms with Crippen LogP contribution in [0.2, 0.25) is 0 Å². The van der Waals surface area contributed by atoms with E-state index in [9.17, 15) is 4.79 Å². The second-order valence-corrected chi connectivity index (χ2v) is 3.85. The number of ether oxygens (including phenoxy) is 1. The van der Waals surface area contributed by atoms with Gasteiger partial charge in [-0.05, 0) is 36.4 Å². The van der Waals surface area contributed by atoms with Gasteiger partial charge in [-0.2, -0.15) is 5.26 Å². The Labute approximate surface area is 105 Å². The molecule has 2 aromatic rings. The van der Waals surface area contributed by atoms with Gasteiger partial charge in [0.15, 0.2) is 6.61 Å². The fourth-order valence-electron chi connectivity index (χ4n) is 1.60. The van der Waals surface area contributed by atoms with Gasteiger partial charge in [0.05, 0.1) is 17.3 Å². The van der Waals surface area contributed by atoms with Crippen molar-refractivity contribution in [1.29, 1.82) is 5.26 Å². The van der Waals surface area contributed by atoms with Crippen LogP contribution in [0.25, 0.3) is 0 Å². The predicted octanol–water partition coefficient (Wildman–Crippen LogP) is 2.16. The van der Waals surface area contributed by atoms with E-state index in [1.807, 2.05) is 25.4 Å². The number of Topliss-reactive ketones (excluding diaryl/α,β-unsaturated/α-hetero) is 1. The van der Waals surface area contributed by atoms with E-state index in [0.29, 0.717) is 17.0 Å². The van der Waals surface area contributed by atoms with Crippen LogP contribution >= 0.6 is 0 Å². The second kappa shape index (κ2) is 5.19. The highest BCUT2D eigenvalue weighted by Crippen LogP contribution is 2.12. The molecule has 0 N–H and O–H groups in total. The Morgan fingerprint density at radius 2 is 2.06 bits per heavy atom. The van der Waals surface area contributed by atoms with Crippen LogP contribution in [0.15, 0.2) is 42.6 Å².